The Labute approximate surface area is 167 Å². The van der Waals surface area contributed by atoms with Crippen molar-refractivity contribution in [2.45, 2.75) is 13.1 Å². The maximum atomic E-state index is 13.0. The minimum Gasteiger partial charge on any atom is -0.465 e. The Bertz CT molecular complexity index is 1120. The number of nitrogens with one attached hydrogen (secondary N) is 1. The van der Waals surface area contributed by atoms with Crippen LogP contribution >= 0.6 is 23.2 Å². The highest BCUT2D eigenvalue weighted by Gasteiger charge is 2.31. The lowest BCUT2D eigenvalue weighted by atomic mass is 10.0. The molecule has 0 fully saturated rings. The lowest BCUT2D eigenvalue weighted by Crippen LogP contribution is -2.09. The molecule has 9 heteroatoms. The Morgan fingerprint density at radius 2 is 1.79 bits per heavy atom. The molecule has 1 heterocycles. The molecular formula is C19H12Cl2F3NO3. The summed E-state index contributed by atoms with van der Waals surface area (Å²) in [5, 5.41) is 0.248. The molecule has 1 aromatic heterocycles. The molecule has 0 aliphatic heterocycles. The van der Waals surface area contributed by atoms with Crippen molar-refractivity contribution >= 4 is 45.9 Å². The van der Waals surface area contributed by atoms with Crippen molar-refractivity contribution in [3.63, 3.8) is 0 Å². The number of aromatic amines is 1. The molecule has 0 bridgehead atoms. The van der Waals surface area contributed by atoms with Crippen LogP contribution in [0.4, 0.5) is 13.2 Å². The fraction of sp³-hybridized carbons (Fsp3) is 0.158. The monoisotopic (exact) mass is 429 g/mol. The number of alkyl halides is 3. The SMILES string of the molecule is COC(=O)c1ccc(Cl)c(C(=O)c2cc3c(C)cc(C(F)(F)F)cc3[nH]2)c1Cl. The molecular weight excluding hydrogens is 418 g/mol. The third-order valence-electron chi connectivity index (χ3n) is 4.24. The van der Waals surface area contributed by atoms with Gasteiger partial charge < -0.3 is 9.72 Å². The Morgan fingerprint density at radius 3 is 2.39 bits per heavy atom. The number of H-pyrrole nitrogens is 1. The number of rotatable bonds is 3. The maximum Gasteiger partial charge on any atom is 0.416 e. The third kappa shape index (κ3) is 3.47. The lowest BCUT2D eigenvalue weighted by molar-refractivity contribution is -0.137. The molecule has 0 spiro atoms. The number of hydrogen-bond acceptors (Lipinski definition) is 3. The molecule has 1 N–H and O–H groups in total. The number of aryl methyl sites for hydroxylation is 1. The predicted molar refractivity (Wildman–Crippen MR) is 99.3 cm³/mol. The van der Waals surface area contributed by atoms with Gasteiger partial charge in [-0.25, -0.2) is 4.79 Å². The van der Waals surface area contributed by atoms with Gasteiger partial charge in [-0.3, -0.25) is 4.79 Å². The number of benzene rings is 2. The van der Waals surface area contributed by atoms with Crippen LogP contribution in [-0.2, 0) is 10.9 Å². The van der Waals surface area contributed by atoms with Crippen LogP contribution in [0, 0.1) is 6.92 Å². The van der Waals surface area contributed by atoms with E-state index < -0.39 is 23.5 Å². The number of methoxy groups -OCH3 is 1. The van der Waals surface area contributed by atoms with Gasteiger partial charge in [0.1, 0.15) is 0 Å². The number of aromatic nitrogens is 1. The summed E-state index contributed by atoms with van der Waals surface area (Å²) in [6.45, 7) is 1.51. The van der Waals surface area contributed by atoms with E-state index in [1.165, 1.54) is 25.1 Å². The second-order valence-corrected chi connectivity index (χ2v) is 6.82. The van der Waals surface area contributed by atoms with Gasteiger partial charge in [0.2, 0.25) is 5.78 Å². The van der Waals surface area contributed by atoms with Crippen LogP contribution in [0.5, 0.6) is 0 Å². The van der Waals surface area contributed by atoms with E-state index in [0.717, 1.165) is 19.2 Å². The third-order valence-corrected chi connectivity index (χ3v) is 4.95. The summed E-state index contributed by atoms with van der Waals surface area (Å²) < 4.78 is 43.7. The Hall–Kier alpha value is -2.51. The predicted octanol–water partition coefficient (Wildman–Crippen LogP) is 5.82. The van der Waals surface area contributed by atoms with E-state index in [0.29, 0.717) is 10.9 Å². The van der Waals surface area contributed by atoms with Crippen LogP contribution in [0.3, 0.4) is 0 Å². The standard InChI is InChI=1S/C19H12Cl2F3NO3/c1-8-5-9(19(22,23)24)6-13-11(8)7-14(25-13)17(26)15-12(20)4-3-10(16(15)21)18(27)28-2/h3-7,25H,1-2H3. The first-order valence-electron chi connectivity index (χ1n) is 7.86. The first-order chi connectivity index (χ1) is 13.0. The Morgan fingerprint density at radius 1 is 1.11 bits per heavy atom. The van der Waals surface area contributed by atoms with E-state index in [4.69, 9.17) is 23.2 Å². The van der Waals surface area contributed by atoms with Crippen molar-refractivity contribution < 1.29 is 27.5 Å². The molecule has 0 radical (unpaired) electrons. The summed E-state index contributed by atoms with van der Waals surface area (Å²) in [5.74, 6) is -1.41. The summed E-state index contributed by atoms with van der Waals surface area (Å²) in [4.78, 5) is 27.4. The Balaban J connectivity index is 2.15. The highest BCUT2D eigenvalue weighted by Crippen LogP contribution is 2.35. The first kappa shape index (κ1) is 20.2. The highest BCUT2D eigenvalue weighted by atomic mass is 35.5. The van der Waals surface area contributed by atoms with Gasteiger partial charge in [-0.05, 0) is 42.8 Å². The molecule has 0 atom stereocenters. The van der Waals surface area contributed by atoms with E-state index in [2.05, 4.69) is 9.72 Å². The van der Waals surface area contributed by atoms with Crippen LogP contribution in [-0.4, -0.2) is 23.8 Å². The largest absolute Gasteiger partial charge is 0.465 e. The quantitative estimate of drug-likeness (QED) is 0.421. The molecule has 146 valence electrons. The first-order valence-corrected chi connectivity index (χ1v) is 8.61. The van der Waals surface area contributed by atoms with E-state index in [-0.39, 0.29) is 32.4 Å². The normalized spacial score (nSPS) is 11.7. The van der Waals surface area contributed by atoms with Gasteiger partial charge >= 0.3 is 12.1 Å². The number of esters is 1. The fourth-order valence-corrected chi connectivity index (χ4v) is 3.49. The minimum absolute atomic E-state index is 0.00554. The second kappa shape index (κ2) is 7.14. The summed E-state index contributed by atoms with van der Waals surface area (Å²) in [6, 6.07) is 5.99. The van der Waals surface area contributed by atoms with E-state index in [9.17, 15) is 22.8 Å². The second-order valence-electron chi connectivity index (χ2n) is 6.04. The zero-order valence-electron chi connectivity index (χ0n) is 14.5. The molecule has 0 unspecified atom stereocenters. The molecule has 0 amide bonds. The Kier molecular flexibility index (Phi) is 5.16. The fourth-order valence-electron chi connectivity index (χ4n) is 2.87. The molecule has 0 saturated carbocycles. The highest BCUT2D eigenvalue weighted by molar-refractivity contribution is 6.42. The number of ether oxygens (including phenoxy) is 1. The molecule has 28 heavy (non-hydrogen) atoms. The average molecular weight is 430 g/mol. The summed E-state index contributed by atoms with van der Waals surface area (Å²) in [7, 11) is 1.16. The summed E-state index contributed by atoms with van der Waals surface area (Å²) in [6.07, 6.45) is -4.52. The van der Waals surface area contributed by atoms with Gasteiger partial charge in [-0.2, -0.15) is 13.2 Å². The topological polar surface area (TPSA) is 59.2 Å². The van der Waals surface area contributed by atoms with Gasteiger partial charge in [-0.15, -0.1) is 0 Å². The molecule has 2 aromatic carbocycles. The van der Waals surface area contributed by atoms with Gasteiger partial charge in [0.25, 0.3) is 0 Å². The minimum atomic E-state index is -4.52. The average Bonchev–Trinajstić information content (AvgIpc) is 3.05. The van der Waals surface area contributed by atoms with Gasteiger partial charge in [0.15, 0.2) is 0 Å². The van der Waals surface area contributed by atoms with Crippen LogP contribution in [0.2, 0.25) is 10.0 Å². The zero-order chi connectivity index (χ0) is 20.8. The summed E-state index contributed by atoms with van der Waals surface area (Å²) in [5.41, 5.74) is -0.548. The van der Waals surface area contributed by atoms with Crippen LogP contribution in [0.25, 0.3) is 10.9 Å². The zero-order valence-corrected chi connectivity index (χ0v) is 16.0. The van der Waals surface area contributed by atoms with Crippen molar-refractivity contribution in [2.75, 3.05) is 7.11 Å². The number of fused-ring (bicyclic) bond motifs is 1. The number of halogens is 5. The molecule has 4 nitrogen and oxygen atoms in total. The van der Waals surface area contributed by atoms with Crippen molar-refractivity contribution in [1.82, 2.24) is 4.98 Å². The van der Waals surface area contributed by atoms with Gasteiger partial charge in [-0.1, -0.05) is 23.2 Å². The molecule has 3 aromatic rings. The number of ketones is 1. The molecule has 3 rings (SSSR count). The van der Waals surface area contributed by atoms with E-state index in [1.54, 1.807) is 0 Å². The maximum absolute atomic E-state index is 13.0. The van der Waals surface area contributed by atoms with Crippen LogP contribution in [0.1, 0.15) is 37.5 Å². The molecule has 0 aliphatic carbocycles. The lowest BCUT2D eigenvalue weighted by Gasteiger charge is -2.09. The van der Waals surface area contributed by atoms with Crippen molar-refractivity contribution in [3.05, 3.63) is 68.3 Å². The van der Waals surface area contributed by atoms with Gasteiger partial charge in [0.05, 0.1) is 39.5 Å². The van der Waals surface area contributed by atoms with E-state index in [1.807, 2.05) is 0 Å². The van der Waals surface area contributed by atoms with Crippen molar-refractivity contribution in [2.24, 2.45) is 0 Å². The van der Waals surface area contributed by atoms with Crippen molar-refractivity contribution in [3.8, 4) is 0 Å². The number of hydrogen-bond donors (Lipinski definition) is 1. The molecule has 0 aliphatic rings. The summed E-state index contributed by atoms with van der Waals surface area (Å²) >= 11 is 12.3. The van der Waals surface area contributed by atoms with Crippen LogP contribution < -0.4 is 0 Å². The van der Waals surface area contributed by atoms with Crippen LogP contribution in [0.15, 0.2) is 30.3 Å². The smallest absolute Gasteiger partial charge is 0.416 e. The number of carbonyl (C=O) groups excluding carboxylic acids is 2. The van der Waals surface area contributed by atoms with E-state index >= 15 is 0 Å². The number of carbonyl (C=O) groups is 2. The van der Waals surface area contributed by atoms with Crippen molar-refractivity contribution in [1.29, 1.82) is 0 Å². The molecule has 0 saturated heterocycles. The van der Waals surface area contributed by atoms with Gasteiger partial charge in [0, 0.05) is 10.9 Å².